The summed E-state index contributed by atoms with van der Waals surface area (Å²) in [6.45, 7) is 0. The van der Waals surface area contributed by atoms with Crippen molar-refractivity contribution in [2.75, 3.05) is 0 Å². The molecule has 0 saturated carbocycles. The Morgan fingerprint density at radius 2 is 1.89 bits per heavy atom. The lowest BCUT2D eigenvalue weighted by Gasteiger charge is -2.03. The number of aromatic nitrogens is 3. The zero-order valence-corrected chi connectivity index (χ0v) is 9.32. The zero-order chi connectivity index (χ0) is 12.5. The molecule has 0 unspecified atom stereocenters. The van der Waals surface area contributed by atoms with Gasteiger partial charge >= 0.3 is 5.97 Å². The Kier molecular flexibility index (Phi) is 2.30. The van der Waals surface area contributed by atoms with Crippen LogP contribution >= 0.6 is 0 Å². The lowest BCUT2D eigenvalue weighted by molar-refractivity contribution is 0.0699. The third kappa shape index (κ3) is 1.53. The number of aromatic carboxylic acids is 1. The van der Waals surface area contributed by atoms with Gasteiger partial charge < -0.3 is 5.11 Å². The fraction of sp³-hybridized carbons (Fsp3) is 0. The van der Waals surface area contributed by atoms with Crippen LogP contribution in [0.1, 0.15) is 10.4 Å². The standard InChI is InChI=1S/C13H9N3O2/c17-12(18)10-3-1-4-11-9(10)5-8-16(11)13-14-6-2-7-15-13/h1-8H,(H,17,18). The molecule has 88 valence electrons. The fourth-order valence-electron chi connectivity index (χ4n) is 1.94. The van der Waals surface area contributed by atoms with Crippen LogP contribution in [0.15, 0.2) is 48.9 Å². The number of hydrogen-bond acceptors (Lipinski definition) is 3. The number of rotatable bonds is 2. The van der Waals surface area contributed by atoms with Gasteiger partial charge in [0.15, 0.2) is 0 Å². The maximum absolute atomic E-state index is 11.1. The summed E-state index contributed by atoms with van der Waals surface area (Å²) in [6.07, 6.45) is 5.07. The number of carboxylic acids is 1. The Morgan fingerprint density at radius 1 is 1.11 bits per heavy atom. The molecule has 1 N–H and O–H groups in total. The number of nitrogens with zero attached hydrogens (tertiary/aromatic N) is 3. The molecule has 0 aliphatic rings. The van der Waals surface area contributed by atoms with E-state index in [9.17, 15) is 4.79 Å². The normalized spacial score (nSPS) is 10.7. The summed E-state index contributed by atoms with van der Waals surface area (Å²) in [4.78, 5) is 19.4. The summed E-state index contributed by atoms with van der Waals surface area (Å²) >= 11 is 0. The van der Waals surface area contributed by atoms with Crippen LogP contribution in [0.2, 0.25) is 0 Å². The molecule has 0 bridgehead atoms. The Balaban J connectivity index is 2.28. The van der Waals surface area contributed by atoms with E-state index in [1.54, 1.807) is 47.4 Å². The number of benzene rings is 1. The van der Waals surface area contributed by atoms with Gasteiger partial charge in [0.05, 0.1) is 11.1 Å². The minimum Gasteiger partial charge on any atom is -0.478 e. The van der Waals surface area contributed by atoms with Gasteiger partial charge in [0.25, 0.3) is 0 Å². The average Bonchev–Trinajstić information content (AvgIpc) is 2.83. The highest BCUT2D eigenvalue weighted by molar-refractivity contribution is 6.03. The van der Waals surface area contributed by atoms with Crippen molar-refractivity contribution in [1.82, 2.24) is 14.5 Å². The largest absolute Gasteiger partial charge is 0.478 e. The lowest BCUT2D eigenvalue weighted by Crippen LogP contribution is -2.00. The molecule has 1 aromatic carbocycles. The number of hydrogen-bond donors (Lipinski definition) is 1. The van der Waals surface area contributed by atoms with Gasteiger partial charge in [-0.2, -0.15) is 0 Å². The quantitative estimate of drug-likeness (QED) is 0.743. The second kappa shape index (κ2) is 3.96. The predicted octanol–water partition coefficient (Wildman–Crippen LogP) is 2.12. The van der Waals surface area contributed by atoms with E-state index in [4.69, 9.17) is 5.11 Å². The van der Waals surface area contributed by atoms with Gasteiger partial charge in [0.1, 0.15) is 0 Å². The van der Waals surface area contributed by atoms with Crippen molar-refractivity contribution < 1.29 is 9.90 Å². The van der Waals surface area contributed by atoms with Crippen molar-refractivity contribution in [2.45, 2.75) is 0 Å². The average molecular weight is 239 g/mol. The number of fused-ring (bicyclic) bond motifs is 1. The van der Waals surface area contributed by atoms with Gasteiger partial charge in [-0.15, -0.1) is 0 Å². The first kappa shape index (κ1) is 10.5. The first-order valence-electron chi connectivity index (χ1n) is 5.38. The maximum atomic E-state index is 11.1. The minimum absolute atomic E-state index is 0.280. The molecule has 0 amide bonds. The molecule has 3 aromatic rings. The molecule has 5 nitrogen and oxygen atoms in total. The van der Waals surface area contributed by atoms with E-state index in [1.165, 1.54) is 0 Å². The van der Waals surface area contributed by atoms with E-state index in [-0.39, 0.29) is 5.56 Å². The minimum atomic E-state index is -0.938. The summed E-state index contributed by atoms with van der Waals surface area (Å²) < 4.78 is 1.77. The molecule has 0 aliphatic heterocycles. The molecule has 0 fully saturated rings. The molecule has 0 saturated heterocycles. The molecule has 18 heavy (non-hydrogen) atoms. The predicted molar refractivity (Wildman–Crippen MR) is 65.8 cm³/mol. The van der Waals surface area contributed by atoms with E-state index < -0.39 is 5.97 Å². The summed E-state index contributed by atoms with van der Waals surface area (Å²) in [5.74, 6) is -0.414. The van der Waals surface area contributed by atoms with E-state index in [0.717, 1.165) is 5.52 Å². The van der Waals surface area contributed by atoms with Gasteiger partial charge in [-0.1, -0.05) is 6.07 Å². The highest BCUT2D eigenvalue weighted by atomic mass is 16.4. The molecule has 0 radical (unpaired) electrons. The fourth-order valence-corrected chi connectivity index (χ4v) is 1.94. The first-order chi connectivity index (χ1) is 8.77. The van der Waals surface area contributed by atoms with Crippen LogP contribution in [0, 0.1) is 0 Å². The molecular weight excluding hydrogens is 230 g/mol. The zero-order valence-electron chi connectivity index (χ0n) is 9.32. The molecule has 0 aliphatic carbocycles. The van der Waals surface area contributed by atoms with Crippen LogP contribution in [-0.4, -0.2) is 25.6 Å². The van der Waals surface area contributed by atoms with Crippen molar-refractivity contribution in [2.24, 2.45) is 0 Å². The van der Waals surface area contributed by atoms with Crippen LogP contribution in [0.25, 0.3) is 16.9 Å². The summed E-state index contributed by atoms with van der Waals surface area (Å²) in [6, 6.07) is 8.64. The Hall–Kier alpha value is -2.69. The van der Waals surface area contributed by atoms with Crippen molar-refractivity contribution in [3.05, 3.63) is 54.5 Å². The van der Waals surface area contributed by atoms with Gasteiger partial charge in [0, 0.05) is 24.0 Å². The van der Waals surface area contributed by atoms with Crippen LogP contribution in [-0.2, 0) is 0 Å². The second-order valence-corrected chi connectivity index (χ2v) is 3.78. The lowest BCUT2D eigenvalue weighted by atomic mass is 10.1. The SMILES string of the molecule is O=C(O)c1cccc2c1ccn2-c1ncccn1. The Labute approximate surface area is 102 Å². The summed E-state index contributed by atoms with van der Waals surface area (Å²) in [7, 11) is 0. The summed E-state index contributed by atoms with van der Waals surface area (Å²) in [5.41, 5.74) is 1.06. The topological polar surface area (TPSA) is 68.0 Å². The second-order valence-electron chi connectivity index (χ2n) is 3.78. The Morgan fingerprint density at radius 3 is 2.61 bits per heavy atom. The van der Waals surface area contributed by atoms with E-state index in [0.29, 0.717) is 11.3 Å². The van der Waals surface area contributed by atoms with Crippen molar-refractivity contribution in [3.63, 3.8) is 0 Å². The van der Waals surface area contributed by atoms with Gasteiger partial charge in [0.2, 0.25) is 5.95 Å². The van der Waals surface area contributed by atoms with Gasteiger partial charge in [-0.05, 0) is 24.3 Å². The highest BCUT2D eigenvalue weighted by Gasteiger charge is 2.12. The molecule has 0 atom stereocenters. The maximum Gasteiger partial charge on any atom is 0.336 e. The molecule has 5 heteroatoms. The van der Waals surface area contributed by atoms with Gasteiger partial charge in [-0.25, -0.2) is 14.8 Å². The van der Waals surface area contributed by atoms with Crippen LogP contribution in [0.4, 0.5) is 0 Å². The van der Waals surface area contributed by atoms with Crippen molar-refractivity contribution >= 4 is 16.9 Å². The number of carbonyl (C=O) groups is 1. The molecular formula is C13H9N3O2. The van der Waals surface area contributed by atoms with Crippen molar-refractivity contribution in [1.29, 1.82) is 0 Å². The van der Waals surface area contributed by atoms with Gasteiger partial charge in [-0.3, -0.25) is 4.57 Å². The molecule has 2 heterocycles. The van der Waals surface area contributed by atoms with E-state index in [1.807, 2.05) is 6.07 Å². The van der Waals surface area contributed by atoms with Crippen LogP contribution < -0.4 is 0 Å². The third-order valence-corrected chi connectivity index (χ3v) is 2.73. The summed E-state index contributed by atoms with van der Waals surface area (Å²) in [5, 5.41) is 9.80. The number of carboxylic acid groups (broad SMARTS) is 1. The third-order valence-electron chi connectivity index (χ3n) is 2.73. The van der Waals surface area contributed by atoms with Crippen LogP contribution in [0.5, 0.6) is 0 Å². The smallest absolute Gasteiger partial charge is 0.336 e. The molecule has 0 spiro atoms. The monoisotopic (exact) mass is 239 g/mol. The Bertz CT molecular complexity index is 719. The van der Waals surface area contributed by atoms with Crippen LogP contribution in [0.3, 0.4) is 0 Å². The van der Waals surface area contributed by atoms with Crippen molar-refractivity contribution in [3.8, 4) is 5.95 Å². The highest BCUT2D eigenvalue weighted by Crippen LogP contribution is 2.22. The molecule has 2 aromatic heterocycles. The molecule has 3 rings (SSSR count). The van der Waals surface area contributed by atoms with E-state index in [2.05, 4.69) is 9.97 Å². The first-order valence-corrected chi connectivity index (χ1v) is 5.38. The van der Waals surface area contributed by atoms with E-state index >= 15 is 0 Å².